The van der Waals surface area contributed by atoms with Crippen molar-refractivity contribution in [2.24, 2.45) is 10.9 Å². The SMILES string of the molecule is CC1=NCNC2C1CCN2[C@@H]1O[C@H]([C@@H]2OC[C@H](F)c3cc(Cl)ccc32)[C@@H](O)[C@H]1O. The first-order chi connectivity index (χ1) is 14.0. The van der Waals surface area contributed by atoms with E-state index in [1.165, 1.54) is 0 Å². The molecule has 1 aromatic rings. The van der Waals surface area contributed by atoms with E-state index in [9.17, 15) is 14.6 Å². The Morgan fingerprint density at radius 2 is 2.10 bits per heavy atom. The number of fused-ring (bicyclic) bond motifs is 2. The minimum absolute atomic E-state index is 0.00619. The van der Waals surface area contributed by atoms with Crippen LogP contribution < -0.4 is 5.32 Å². The molecule has 2 saturated heterocycles. The van der Waals surface area contributed by atoms with Gasteiger partial charge in [0, 0.05) is 23.2 Å². The fourth-order valence-electron chi connectivity index (χ4n) is 5.11. The molecule has 5 rings (SSSR count). The van der Waals surface area contributed by atoms with Crippen molar-refractivity contribution in [1.82, 2.24) is 10.2 Å². The van der Waals surface area contributed by atoms with Gasteiger partial charge in [-0.2, -0.15) is 0 Å². The van der Waals surface area contributed by atoms with Crippen LogP contribution >= 0.6 is 11.6 Å². The monoisotopic (exact) mass is 425 g/mol. The van der Waals surface area contributed by atoms with Gasteiger partial charge in [0.2, 0.25) is 0 Å². The number of aliphatic hydroxyl groups is 2. The number of aliphatic imine (C=N–C) groups is 1. The fourth-order valence-corrected chi connectivity index (χ4v) is 5.29. The summed E-state index contributed by atoms with van der Waals surface area (Å²) in [5.41, 5.74) is 2.14. The van der Waals surface area contributed by atoms with Crippen molar-refractivity contribution in [1.29, 1.82) is 0 Å². The molecule has 0 aromatic heterocycles. The summed E-state index contributed by atoms with van der Waals surface area (Å²) in [6.07, 6.45) is -4.77. The molecular weight excluding hydrogens is 401 g/mol. The third-order valence-electron chi connectivity index (χ3n) is 6.62. The summed E-state index contributed by atoms with van der Waals surface area (Å²) in [4.78, 5) is 6.51. The number of hydrogen-bond donors (Lipinski definition) is 3. The lowest BCUT2D eigenvalue weighted by Gasteiger charge is -2.36. The second-order valence-electron chi connectivity index (χ2n) is 8.21. The van der Waals surface area contributed by atoms with E-state index in [0.29, 0.717) is 22.8 Å². The molecule has 0 amide bonds. The molecular formula is C20H25ClFN3O4. The number of ether oxygens (including phenoxy) is 2. The summed E-state index contributed by atoms with van der Waals surface area (Å²) >= 11 is 6.04. The Labute approximate surface area is 173 Å². The van der Waals surface area contributed by atoms with Gasteiger partial charge < -0.3 is 19.7 Å². The first kappa shape index (κ1) is 19.8. The number of rotatable bonds is 2. The van der Waals surface area contributed by atoms with Crippen LogP contribution in [0, 0.1) is 5.92 Å². The maximum absolute atomic E-state index is 14.4. The van der Waals surface area contributed by atoms with Crippen molar-refractivity contribution < 1.29 is 24.1 Å². The Balaban J connectivity index is 1.40. The number of alkyl halides is 1. The Morgan fingerprint density at radius 3 is 2.93 bits per heavy atom. The summed E-state index contributed by atoms with van der Waals surface area (Å²) in [6, 6.07) is 4.97. The first-order valence-corrected chi connectivity index (χ1v) is 10.4. The molecule has 158 valence electrons. The van der Waals surface area contributed by atoms with Crippen molar-refractivity contribution in [3.63, 3.8) is 0 Å². The van der Waals surface area contributed by atoms with Gasteiger partial charge in [-0.1, -0.05) is 17.7 Å². The van der Waals surface area contributed by atoms with Gasteiger partial charge in [0.15, 0.2) is 0 Å². The molecule has 1 aromatic carbocycles. The molecule has 4 heterocycles. The molecule has 0 saturated carbocycles. The molecule has 0 bridgehead atoms. The van der Waals surface area contributed by atoms with E-state index in [4.69, 9.17) is 21.1 Å². The molecule has 4 aliphatic heterocycles. The number of benzene rings is 1. The Bertz CT molecular complexity index is 827. The van der Waals surface area contributed by atoms with Crippen LogP contribution in [0.5, 0.6) is 0 Å². The summed E-state index contributed by atoms with van der Waals surface area (Å²) < 4.78 is 26.3. The number of nitrogens with zero attached hydrogens (tertiary/aromatic N) is 2. The third kappa shape index (κ3) is 3.22. The average Bonchev–Trinajstić information content (AvgIpc) is 3.26. The first-order valence-electron chi connectivity index (χ1n) is 10.0. The molecule has 3 N–H and O–H groups in total. The predicted molar refractivity (Wildman–Crippen MR) is 104 cm³/mol. The molecule has 2 unspecified atom stereocenters. The zero-order valence-corrected chi connectivity index (χ0v) is 16.8. The summed E-state index contributed by atoms with van der Waals surface area (Å²) in [7, 11) is 0. The van der Waals surface area contributed by atoms with Gasteiger partial charge in [0.1, 0.15) is 36.8 Å². The number of likely N-dealkylation sites (tertiary alicyclic amines) is 1. The van der Waals surface area contributed by atoms with Gasteiger partial charge in [-0.3, -0.25) is 15.2 Å². The number of nitrogens with one attached hydrogen (secondary N) is 1. The van der Waals surface area contributed by atoms with Gasteiger partial charge >= 0.3 is 0 Å². The largest absolute Gasteiger partial charge is 0.387 e. The highest BCUT2D eigenvalue weighted by molar-refractivity contribution is 6.30. The molecule has 8 atom stereocenters. The highest BCUT2D eigenvalue weighted by Gasteiger charge is 2.54. The van der Waals surface area contributed by atoms with Gasteiger partial charge in [-0.05, 0) is 36.6 Å². The quantitative estimate of drug-likeness (QED) is 0.666. The molecule has 2 fully saturated rings. The minimum atomic E-state index is -1.28. The highest BCUT2D eigenvalue weighted by Crippen LogP contribution is 2.43. The van der Waals surface area contributed by atoms with E-state index < -0.39 is 36.8 Å². The van der Waals surface area contributed by atoms with Gasteiger partial charge in [-0.25, -0.2) is 4.39 Å². The molecule has 9 heteroatoms. The normalized spacial score (nSPS) is 42.4. The van der Waals surface area contributed by atoms with E-state index in [0.717, 1.165) is 18.7 Å². The minimum Gasteiger partial charge on any atom is -0.387 e. The van der Waals surface area contributed by atoms with E-state index in [1.54, 1.807) is 18.2 Å². The van der Waals surface area contributed by atoms with Crippen LogP contribution in [0.3, 0.4) is 0 Å². The predicted octanol–water partition coefficient (Wildman–Crippen LogP) is 1.54. The van der Waals surface area contributed by atoms with Crippen LogP contribution in [0.15, 0.2) is 23.2 Å². The van der Waals surface area contributed by atoms with Crippen LogP contribution in [0.25, 0.3) is 0 Å². The van der Waals surface area contributed by atoms with Crippen molar-refractivity contribution >= 4 is 17.3 Å². The van der Waals surface area contributed by atoms with Crippen LogP contribution in [0.1, 0.15) is 36.7 Å². The summed E-state index contributed by atoms with van der Waals surface area (Å²) in [5, 5.41) is 25.4. The Hall–Kier alpha value is -1.13. The van der Waals surface area contributed by atoms with Crippen LogP contribution in [0.2, 0.25) is 5.02 Å². The van der Waals surface area contributed by atoms with Gasteiger partial charge in [0.05, 0.1) is 19.4 Å². The van der Waals surface area contributed by atoms with Crippen molar-refractivity contribution in [3.8, 4) is 0 Å². The lowest BCUT2D eigenvalue weighted by Crippen LogP contribution is -2.55. The van der Waals surface area contributed by atoms with E-state index >= 15 is 0 Å². The van der Waals surface area contributed by atoms with E-state index in [2.05, 4.69) is 15.2 Å². The molecule has 0 radical (unpaired) electrons. The molecule has 7 nitrogen and oxygen atoms in total. The molecule has 0 aliphatic carbocycles. The fraction of sp³-hybridized carbons (Fsp3) is 0.650. The van der Waals surface area contributed by atoms with Crippen LogP contribution in [0.4, 0.5) is 4.39 Å². The van der Waals surface area contributed by atoms with E-state index in [-0.39, 0.29) is 18.7 Å². The zero-order chi connectivity index (χ0) is 20.3. The lowest BCUT2D eigenvalue weighted by molar-refractivity contribution is -0.145. The lowest BCUT2D eigenvalue weighted by atomic mass is 9.91. The number of halogens is 2. The number of hydrogen-bond acceptors (Lipinski definition) is 7. The van der Waals surface area contributed by atoms with Crippen molar-refractivity contribution in [3.05, 3.63) is 34.3 Å². The average molecular weight is 426 g/mol. The van der Waals surface area contributed by atoms with Crippen molar-refractivity contribution in [2.45, 2.75) is 56.3 Å². The Kier molecular flexibility index (Phi) is 5.14. The summed E-state index contributed by atoms with van der Waals surface area (Å²) in [5.74, 6) is 0.261. The smallest absolute Gasteiger partial charge is 0.149 e. The van der Waals surface area contributed by atoms with Crippen LogP contribution in [-0.4, -0.2) is 71.4 Å². The second-order valence-corrected chi connectivity index (χ2v) is 8.64. The van der Waals surface area contributed by atoms with Crippen molar-refractivity contribution in [2.75, 3.05) is 19.8 Å². The topological polar surface area (TPSA) is 86.6 Å². The standard InChI is InChI=1S/C20H25ClFN3O4/c1-9-11-4-5-25(19(11)24-8-23-9)20-16(27)15(26)18(29-20)17-12-3-2-10(21)6-13(12)14(22)7-28-17/h2-3,6,11,14-20,24,26-27H,4-5,7-8H2,1H3/t11?,14-,15-,16+,17+,18-,19?,20+/m0/s1. The maximum Gasteiger partial charge on any atom is 0.149 e. The molecule has 0 spiro atoms. The Morgan fingerprint density at radius 1 is 1.28 bits per heavy atom. The zero-order valence-electron chi connectivity index (χ0n) is 16.0. The molecule has 4 aliphatic rings. The highest BCUT2D eigenvalue weighted by atomic mass is 35.5. The molecule has 29 heavy (non-hydrogen) atoms. The van der Waals surface area contributed by atoms with Crippen LogP contribution in [-0.2, 0) is 9.47 Å². The van der Waals surface area contributed by atoms with Gasteiger partial charge in [0.25, 0.3) is 0 Å². The third-order valence-corrected chi connectivity index (χ3v) is 6.85. The van der Waals surface area contributed by atoms with Gasteiger partial charge in [-0.15, -0.1) is 0 Å². The van der Waals surface area contributed by atoms with E-state index in [1.807, 2.05) is 6.92 Å². The maximum atomic E-state index is 14.4. The summed E-state index contributed by atoms with van der Waals surface area (Å²) in [6.45, 7) is 3.13. The second kappa shape index (κ2) is 7.53. The number of aliphatic hydroxyl groups excluding tert-OH is 2.